The van der Waals surface area contributed by atoms with E-state index in [4.69, 9.17) is 44.1 Å². The van der Waals surface area contributed by atoms with Crippen LogP contribution in [0.2, 0.25) is 0 Å². The SMILES string of the molecule is C[C@@H](C(=O)N[C@H](C(=O)N1Cc2cc(OCCOCCOCCOCCOCCOCCN)ccc2C[C@H]1C(=O)N[C@@H]1CCCc2ccccc21)C(C)(C)C)N(C)C(=O)O.O=C(O)C(F)(F)F. The van der Waals surface area contributed by atoms with Crippen LogP contribution in [-0.2, 0) is 62.2 Å². The van der Waals surface area contributed by atoms with E-state index in [0.29, 0.717) is 78.4 Å². The first-order chi connectivity index (χ1) is 31.3. The Hall–Kier alpha value is -5.06. The molecule has 370 valence electrons. The molecule has 1 aliphatic heterocycles. The first kappa shape index (κ1) is 55.3. The van der Waals surface area contributed by atoms with Gasteiger partial charge in [0, 0.05) is 26.6 Å². The number of nitrogens with two attached hydrogens (primary N) is 1. The van der Waals surface area contributed by atoms with E-state index >= 15 is 0 Å². The molecule has 1 aliphatic carbocycles. The number of ether oxygens (including phenoxy) is 6. The molecule has 2 aliphatic rings. The number of halogens is 3. The quantitative estimate of drug-likeness (QED) is 0.0944. The molecular formula is C45H66F3N5O13. The normalized spacial score (nSPS) is 16.7. The lowest BCUT2D eigenvalue weighted by molar-refractivity contribution is -0.192. The average molecular weight is 942 g/mol. The van der Waals surface area contributed by atoms with Crippen LogP contribution in [0.15, 0.2) is 42.5 Å². The maximum atomic E-state index is 14.7. The van der Waals surface area contributed by atoms with Crippen molar-refractivity contribution in [1.82, 2.24) is 20.4 Å². The summed E-state index contributed by atoms with van der Waals surface area (Å²) in [6.45, 7) is 12.3. The van der Waals surface area contributed by atoms with Gasteiger partial charge in [-0.05, 0) is 66.0 Å². The van der Waals surface area contributed by atoms with Crippen molar-refractivity contribution in [3.05, 3.63) is 64.7 Å². The van der Waals surface area contributed by atoms with Gasteiger partial charge >= 0.3 is 18.2 Å². The minimum absolute atomic E-state index is 0.104. The van der Waals surface area contributed by atoms with Gasteiger partial charge in [0.05, 0.1) is 72.1 Å². The monoisotopic (exact) mass is 941 g/mol. The minimum Gasteiger partial charge on any atom is -0.491 e. The highest BCUT2D eigenvalue weighted by Gasteiger charge is 2.43. The highest BCUT2D eigenvalue weighted by molar-refractivity contribution is 5.94. The summed E-state index contributed by atoms with van der Waals surface area (Å²) in [5, 5.41) is 22.7. The van der Waals surface area contributed by atoms with Crippen molar-refractivity contribution in [2.75, 3.05) is 86.3 Å². The van der Waals surface area contributed by atoms with Crippen molar-refractivity contribution < 1.29 is 75.8 Å². The van der Waals surface area contributed by atoms with Crippen molar-refractivity contribution in [1.29, 1.82) is 0 Å². The number of carboxylic acids is 1. The number of alkyl halides is 3. The highest BCUT2D eigenvalue weighted by atomic mass is 19.4. The van der Waals surface area contributed by atoms with Crippen LogP contribution in [0.3, 0.4) is 0 Å². The molecule has 0 fully saturated rings. The molecule has 6 N–H and O–H groups in total. The zero-order chi connectivity index (χ0) is 48.9. The molecule has 0 bridgehead atoms. The summed E-state index contributed by atoms with van der Waals surface area (Å²) in [7, 11) is 1.30. The van der Waals surface area contributed by atoms with E-state index in [9.17, 15) is 37.5 Å². The number of hydrogen-bond donors (Lipinski definition) is 5. The maximum absolute atomic E-state index is 14.7. The zero-order valence-corrected chi connectivity index (χ0v) is 38.4. The fourth-order valence-corrected chi connectivity index (χ4v) is 6.99. The number of amides is 4. The third-order valence-corrected chi connectivity index (χ3v) is 10.7. The molecule has 2 aromatic carbocycles. The van der Waals surface area contributed by atoms with E-state index in [1.807, 2.05) is 57.2 Å². The molecule has 2 aromatic rings. The first-order valence-electron chi connectivity index (χ1n) is 21.8. The maximum Gasteiger partial charge on any atom is 0.490 e. The lowest BCUT2D eigenvalue weighted by atomic mass is 9.83. The first-order valence-corrected chi connectivity index (χ1v) is 21.8. The van der Waals surface area contributed by atoms with Gasteiger partial charge in [-0.2, -0.15) is 13.2 Å². The third kappa shape index (κ3) is 18.3. The summed E-state index contributed by atoms with van der Waals surface area (Å²) in [5.74, 6) is -3.49. The zero-order valence-electron chi connectivity index (χ0n) is 38.4. The number of nitrogens with zero attached hydrogens (tertiary/aromatic N) is 2. The number of benzene rings is 2. The summed E-state index contributed by atoms with van der Waals surface area (Å²) in [4.78, 5) is 65.3. The predicted molar refractivity (Wildman–Crippen MR) is 234 cm³/mol. The van der Waals surface area contributed by atoms with Crippen molar-refractivity contribution in [3.63, 3.8) is 0 Å². The van der Waals surface area contributed by atoms with Crippen LogP contribution in [0.5, 0.6) is 5.75 Å². The second-order valence-electron chi connectivity index (χ2n) is 16.6. The Bertz CT molecular complexity index is 1870. The summed E-state index contributed by atoms with van der Waals surface area (Å²) >= 11 is 0. The fraction of sp³-hybridized carbons (Fsp3) is 0.622. The van der Waals surface area contributed by atoms with E-state index in [2.05, 4.69) is 16.7 Å². The van der Waals surface area contributed by atoms with Crippen LogP contribution in [-0.4, -0.2) is 160 Å². The van der Waals surface area contributed by atoms with Crippen molar-refractivity contribution in [2.45, 2.75) is 90.3 Å². The van der Waals surface area contributed by atoms with E-state index < -0.39 is 53.6 Å². The van der Waals surface area contributed by atoms with E-state index in [1.165, 1.54) is 19.5 Å². The minimum atomic E-state index is -5.08. The van der Waals surface area contributed by atoms with Gasteiger partial charge in [-0.3, -0.25) is 19.3 Å². The smallest absolute Gasteiger partial charge is 0.490 e. The van der Waals surface area contributed by atoms with Gasteiger partial charge < -0.3 is 59.9 Å². The van der Waals surface area contributed by atoms with Crippen LogP contribution < -0.4 is 21.1 Å². The van der Waals surface area contributed by atoms with Crippen molar-refractivity contribution >= 4 is 29.8 Å². The number of likely N-dealkylation sites (N-methyl/N-ethyl adjacent to an activating group) is 1. The summed E-state index contributed by atoms with van der Waals surface area (Å²) in [6.07, 6.45) is -3.43. The summed E-state index contributed by atoms with van der Waals surface area (Å²) in [5.41, 5.74) is 8.61. The molecule has 0 aromatic heterocycles. The van der Waals surface area contributed by atoms with Crippen molar-refractivity contribution in [3.8, 4) is 5.75 Å². The largest absolute Gasteiger partial charge is 0.491 e. The fourth-order valence-electron chi connectivity index (χ4n) is 6.99. The van der Waals surface area contributed by atoms with Gasteiger partial charge in [0.1, 0.15) is 30.5 Å². The summed E-state index contributed by atoms with van der Waals surface area (Å²) < 4.78 is 65.1. The van der Waals surface area contributed by atoms with E-state index in [1.54, 1.807) is 4.90 Å². The second kappa shape index (κ2) is 27.5. The number of carboxylic acid groups (broad SMARTS) is 2. The Morgan fingerprint density at radius 1 is 0.818 bits per heavy atom. The lowest BCUT2D eigenvalue weighted by Gasteiger charge is -2.42. The molecule has 4 amide bonds. The number of fused-ring (bicyclic) bond motifs is 2. The molecule has 4 rings (SSSR count). The number of aryl methyl sites for hydroxylation is 1. The van der Waals surface area contributed by atoms with Crippen LogP contribution in [0.4, 0.5) is 18.0 Å². The second-order valence-corrected chi connectivity index (χ2v) is 16.6. The Morgan fingerprint density at radius 2 is 1.36 bits per heavy atom. The summed E-state index contributed by atoms with van der Waals surface area (Å²) in [6, 6.07) is 10.6. The molecule has 66 heavy (non-hydrogen) atoms. The van der Waals surface area contributed by atoms with Gasteiger partial charge in [0.15, 0.2) is 0 Å². The molecule has 0 radical (unpaired) electrons. The number of rotatable bonds is 24. The molecule has 0 saturated carbocycles. The molecule has 21 heteroatoms. The number of aliphatic carboxylic acids is 1. The molecule has 0 unspecified atom stereocenters. The Labute approximate surface area is 383 Å². The van der Waals surface area contributed by atoms with Crippen molar-refractivity contribution in [2.24, 2.45) is 11.1 Å². The standard InChI is InChI=1S/C43H65N5O11.C2HF3O2/c1-30(47(5)42(52)53)39(49)46-38(43(2,3)4)41(51)48-29-33-27-34(59-26-25-58-24-23-57-22-21-56-20-19-55-18-17-54-16-15-44)14-13-32(33)28-37(48)40(50)45-36-12-8-10-31-9-6-7-11-35(31)36;3-2(4,5)1(6)7/h6-7,9,11,13-14,27,30,36-38H,8,10,12,15-26,28-29,44H2,1-5H3,(H,45,50)(H,46,49)(H,52,53);(H,6,7)/t30-,36+,37-,38+;/m0./s1. The Balaban J connectivity index is 0.00000152. The van der Waals surface area contributed by atoms with E-state index in [-0.39, 0.29) is 31.5 Å². The van der Waals surface area contributed by atoms with Gasteiger partial charge in [0.25, 0.3) is 0 Å². The van der Waals surface area contributed by atoms with Gasteiger partial charge in [0.2, 0.25) is 17.7 Å². The molecule has 0 saturated heterocycles. The molecule has 4 atom stereocenters. The van der Waals surface area contributed by atoms with Gasteiger partial charge in [-0.25, -0.2) is 9.59 Å². The molecule has 1 heterocycles. The van der Waals surface area contributed by atoms with Gasteiger partial charge in [-0.1, -0.05) is 51.1 Å². The third-order valence-electron chi connectivity index (χ3n) is 10.7. The highest BCUT2D eigenvalue weighted by Crippen LogP contribution is 2.33. The van der Waals surface area contributed by atoms with Gasteiger partial charge in [-0.15, -0.1) is 0 Å². The van der Waals surface area contributed by atoms with E-state index in [0.717, 1.165) is 40.9 Å². The van der Waals surface area contributed by atoms with Crippen LogP contribution in [0, 0.1) is 5.41 Å². The number of hydrogen-bond acceptors (Lipinski definition) is 12. The molecule has 0 spiro atoms. The van der Waals surface area contributed by atoms with Crippen LogP contribution in [0.25, 0.3) is 0 Å². The molecular weight excluding hydrogens is 876 g/mol. The Morgan fingerprint density at radius 3 is 1.89 bits per heavy atom. The van der Waals surface area contributed by atoms with Crippen LogP contribution in [0.1, 0.15) is 68.8 Å². The number of carbonyl (C=O) groups excluding carboxylic acids is 3. The number of carbonyl (C=O) groups is 5. The average Bonchev–Trinajstić information content (AvgIpc) is 3.27. The lowest BCUT2D eigenvalue weighted by Crippen LogP contribution is -2.62. The molecule has 18 nitrogen and oxygen atoms in total. The Kier molecular flexibility index (Phi) is 23.1. The predicted octanol–water partition coefficient (Wildman–Crippen LogP) is 3.72. The topological polar surface area (TPSA) is 238 Å². The number of nitrogens with one attached hydrogen (secondary N) is 2. The van der Waals surface area contributed by atoms with Crippen LogP contribution >= 0.6 is 0 Å².